The summed E-state index contributed by atoms with van der Waals surface area (Å²) in [5.74, 6) is -1.42. The summed E-state index contributed by atoms with van der Waals surface area (Å²) in [7, 11) is -3.40. The smallest absolute Gasteiger partial charge is 0.342 e. The van der Waals surface area contributed by atoms with Crippen molar-refractivity contribution in [2.45, 2.75) is 19.4 Å². The van der Waals surface area contributed by atoms with Crippen molar-refractivity contribution in [3.05, 3.63) is 59.2 Å². The van der Waals surface area contributed by atoms with Crippen molar-refractivity contribution in [1.82, 2.24) is 0 Å². The number of hydrogen-bond donors (Lipinski definition) is 1. The Morgan fingerprint density at radius 1 is 1.22 bits per heavy atom. The molecular weight excluding hydrogens is 370 g/mol. The van der Waals surface area contributed by atoms with Crippen molar-refractivity contribution in [2.75, 3.05) is 17.2 Å². The fraction of sp³-hybridized carbons (Fsp3) is 0.263. The number of esters is 1. The van der Waals surface area contributed by atoms with E-state index in [0.717, 1.165) is 11.8 Å². The molecule has 2 aromatic carbocycles. The van der Waals surface area contributed by atoms with Gasteiger partial charge in [0.25, 0.3) is 0 Å². The molecule has 7 nitrogen and oxygen atoms in total. The van der Waals surface area contributed by atoms with E-state index in [9.17, 15) is 23.1 Å². The molecule has 0 aliphatic carbocycles. The van der Waals surface area contributed by atoms with Crippen molar-refractivity contribution in [3.8, 4) is 5.75 Å². The zero-order chi connectivity index (χ0) is 19.8. The third-order valence-electron chi connectivity index (χ3n) is 4.37. The van der Waals surface area contributed by atoms with E-state index < -0.39 is 28.4 Å². The number of phenolic OH excluding ortho intramolecular Hbond substituents is 1. The van der Waals surface area contributed by atoms with Gasteiger partial charge in [-0.25, -0.2) is 13.2 Å². The zero-order valence-corrected chi connectivity index (χ0v) is 15.7. The molecule has 0 spiro atoms. The number of Topliss-reactive ketones (excluding diaryl/α,β-unsaturated/α-hetero) is 1. The average molecular weight is 389 g/mol. The molecule has 142 valence electrons. The van der Waals surface area contributed by atoms with E-state index >= 15 is 0 Å². The van der Waals surface area contributed by atoms with Crippen LogP contribution in [0.15, 0.2) is 42.5 Å². The van der Waals surface area contributed by atoms with Crippen LogP contribution in [0.3, 0.4) is 0 Å². The Morgan fingerprint density at radius 2 is 1.93 bits per heavy atom. The molecule has 0 saturated carbocycles. The highest BCUT2D eigenvalue weighted by atomic mass is 32.2. The molecule has 8 heteroatoms. The number of nitrogens with zero attached hydrogens (tertiary/aromatic N) is 1. The Kier molecular flexibility index (Phi) is 4.93. The quantitative estimate of drug-likeness (QED) is 0.621. The lowest BCUT2D eigenvalue weighted by Crippen LogP contribution is -2.34. The molecule has 27 heavy (non-hydrogen) atoms. The van der Waals surface area contributed by atoms with Gasteiger partial charge in [-0.05, 0) is 49.2 Å². The second kappa shape index (κ2) is 7.03. The first-order valence-electron chi connectivity index (χ1n) is 8.29. The Balaban J connectivity index is 1.73. The Labute approximate surface area is 157 Å². The van der Waals surface area contributed by atoms with Gasteiger partial charge in [0.2, 0.25) is 10.0 Å². The van der Waals surface area contributed by atoms with E-state index in [1.54, 1.807) is 31.2 Å². The number of phenols is 1. The Hall–Kier alpha value is -2.87. The molecule has 1 aliphatic heterocycles. The van der Waals surface area contributed by atoms with Crippen molar-refractivity contribution in [1.29, 1.82) is 0 Å². The molecule has 1 heterocycles. The van der Waals surface area contributed by atoms with Gasteiger partial charge >= 0.3 is 5.97 Å². The molecule has 1 atom stereocenters. The number of sulfonamides is 1. The number of rotatable bonds is 5. The van der Waals surface area contributed by atoms with Crippen LogP contribution in [-0.4, -0.2) is 44.2 Å². The number of anilines is 1. The van der Waals surface area contributed by atoms with Gasteiger partial charge in [-0.3, -0.25) is 9.10 Å². The normalized spacial score (nSPS) is 16.1. The van der Waals surface area contributed by atoms with E-state index in [4.69, 9.17) is 4.74 Å². The molecule has 1 N–H and O–H groups in total. The van der Waals surface area contributed by atoms with Crippen LogP contribution in [-0.2, 0) is 21.2 Å². The zero-order valence-electron chi connectivity index (χ0n) is 14.9. The molecule has 0 radical (unpaired) electrons. The van der Waals surface area contributed by atoms with Gasteiger partial charge in [0.15, 0.2) is 12.4 Å². The number of aromatic hydroxyl groups is 1. The van der Waals surface area contributed by atoms with Crippen molar-refractivity contribution in [2.24, 2.45) is 0 Å². The van der Waals surface area contributed by atoms with Crippen LogP contribution in [0.4, 0.5) is 5.69 Å². The predicted octanol–water partition coefficient (Wildman–Crippen LogP) is 2.14. The number of ether oxygens (including phenoxy) is 1. The van der Waals surface area contributed by atoms with E-state index in [0.29, 0.717) is 17.7 Å². The van der Waals surface area contributed by atoms with Crippen molar-refractivity contribution >= 4 is 27.5 Å². The Morgan fingerprint density at radius 3 is 2.59 bits per heavy atom. The summed E-state index contributed by atoms with van der Waals surface area (Å²) in [6, 6.07) is 10.4. The third-order valence-corrected chi connectivity index (χ3v) is 5.64. The van der Waals surface area contributed by atoms with Crippen LogP contribution in [0.25, 0.3) is 0 Å². The summed E-state index contributed by atoms with van der Waals surface area (Å²) in [6.07, 6.45) is 1.65. The van der Waals surface area contributed by atoms with Gasteiger partial charge < -0.3 is 9.84 Å². The second-order valence-electron chi connectivity index (χ2n) is 6.47. The number of hydrogen-bond acceptors (Lipinski definition) is 6. The minimum atomic E-state index is -3.40. The summed E-state index contributed by atoms with van der Waals surface area (Å²) < 4.78 is 30.2. The first-order chi connectivity index (χ1) is 12.7. The number of para-hydroxylation sites is 1. The van der Waals surface area contributed by atoms with Crippen molar-refractivity contribution in [3.63, 3.8) is 0 Å². The van der Waals surface area contributed by atoms with Gasteiger partial charge in [-0.15, -0.1) is 0 Å². The molecule has 0 unspecified atom stereocenters. The molecule has 2 aromatic rings. The second-order valence-corrected chi connectivity index (χ2v) is 8.33. The van der Waals surface area contributed by atoms with E-state index in [1.807, 2.05) is 0 Å². The molecule has 1 aliphatic rings. The van der Waals surface area contributed by atoms with Crippen LogP contribution in [0.2, 0.25) is 0 Å². The number of ketones is 1. The number of benzene rings is 2. The van der Waals surface area contributed by atoms with Gasteiger partial charge in [0, 0.05) is 11.6 Å². The minimum Gasteiger partial charge on any atom is -0.507 e. The summed E-state index contributed by atoms with van der Waals surface area (Å²) >= 11 is 0. The number of carbonyl (C=O) groups excluding carboxylic acids is 2. The number of carbonyl (C=O) groups is 2. The maximum absolute atomic E-state index is 12.4. The van der Waals surface area contributed by atoms with Gasteiger partial charge in [-0.1, -0.05) is 12.1 Å². The maximum atomic E-state index is 12.4. The fourth-order valence-electron chi connectivity index (χ4n) is 3.22. The van der Waals surface area contributed by atoms with Gasteiger partial charge in [0.1, 0.15) is 11.3 Å². The summed E-state index contributed by atoms with van der Waals surface area (Å²) in [6.45, 7) is 1.33. The predicted molar refractivity (Wildman–Crippen MR) is 99.7 cm³/mol. The van der Waals surface area contributed by atoms with Crippen LogP contribution in [0.1, 0.15) is 33.2 Å². The Bertz CT molecular complexity index is 1010. The summed E-state index contributed by atoms with van der Waals surface area (Å²) in [5.41, 5.74) is 1.64. The molecule has 0 fully saturated rings. The van der Waals surface area contributed by atoms with E-state index in [2.05, 4.69) is 0 Å². The molecular formula is C19H19NO6S. The van der Waals surface area contributed by atoms with Crippen LogP contribution < -0.4 is 4.31 Å². The van der Waals surface area contributed by atoms with E-state index in [-0.39, 0.29) is 17.4 Å². The lowest BCUT2D eigenvalue weighted by molar-refractivity contribution is 0.0472. The van der Waals surface area contributed by atoms with Crippen LogP contribution >= 0.6 is 0 Å². The van der Waals surface area contributed by atoms with Crippen LogP contribution in [0, 0.1) is 0 Å². The highest BCUT2D eigenvalue weighted by molar-refractivity contribution is 7.92. The molecule has 0 aromatic heterocycles. The van der Waals surface area contributed by atoms with Crippen LogP contribution in [0.5, 0.6) is 5.75 Å². The van der Waals surface area contributed by atoms with Crippen molar-refractivity contribution < 1.29 is 27.9 Å². The first kappa shape index (κ1) is 18.9. The van der Waals surface area contributed by atoms with Gasteiger partial charge in [0.05, 0.1) is 11.9 Å². The average Bonchev–Trinajstić information content (AvgIpc) is 2.94. The summed E-state index contributed by atoms with van der Waals surface area (Å²) in [4.78, 5) is 24.3. The van der Waals surface area contributed by atoms with Gasteiger partial charge in [-0.2, -0.15) is 0 Å². The molecule has 0 bridgehead atoms. The topological polar surface area (TPSA) is 101 Å². The SMILES string of the molecule is C[C@H]1Cc2cc(C(=O)COC(=O)c3ccccc3O)ccc2N1S(C)(=O)=O. The highest BCUT2D eigenvalue weighted by Gasteiger charge is 2.32. The molecule has 3 rings (SSSR count). The van der Waals surface area contributed by atoms with E-state index in [1.165, 1.54) is 22.5 Å². The standard InChI is InChI=1S/C19H19NO6S/c1-12-9-14-10-13(7-8-16(14)20(12)27(2,24)25)18(22)11-26-19(23)15-5-3-4-6-17(15)21/h3-8,10,12,21H,9,11H2,1-2H3/t12-/m0/s1. The largest absolute Gasteiger partial charge is 0.507 e. The number of fused-ring (bicyclic) bond motifs is 1. The monoisotopic (exact) mass is 389 g/mol. The molecule has 0 saturated heterocycles. The molecule has 0 amide bonds. The highest BCUT2D eigenvalue weighted by Crippen LogP contribution is 2.34. The first-order valence-corrected chi connectivity index (χ1v) is 10.1. The fourth-order valence-corrected chi connectivity index (χ4v) is 4.48. The lowest BCUT2D eigenvalue weighted by atomic mass is 10.0. The summed E-state index contributed by atoms with van der Waals surface area (Å²) in [5, 5.41) is 9.64. The third kappa shape index (κ3) is 3.80. The lowest BCUT2D eigenvalue weighted by Gasteiger charge is -2.21. The minimum absolute atomic E-state index is 0.0168. The maximum Gasteiger partial charge on any atom is 0.342 e.